The van der Waals surface area contributed by atoms with Gasteiger partial charge in [0.15, 0.2) is 0 Å². The number of unbranched alkanes of at least 4 members (excludes halogenated alkanes) is 2. The summed E-state index contributed by atoms with van der Waals surface area (Å²) in [7, 11) is 1.55. The van der Waals surface area contributed by atoms with E-state index in [1.165, 1.54) is 0 Å². The lowest BCUT2D eigenvalue weighted by Crippen LogP contribution is -2.70. The third-order valence-electron chi connectivity index (χ3n) is 10.7. The molecule has 0 spiro atoms. The van der Waals surface area contributed by atoms with Gasteiger partial charge in [-0.25, -0.2) is 4.79 Å². The van der Waals surface area contributed by atoms with E-state index >= 15 is 0 Å². The second-order valence-corrected chi connectivity index (χ2v) is 14.0. The number of aliphatic hydroxyl groups is 2. The minimum Gasteiger partial charge on any atom is -0.492 e. The number of allylic oxidation sites excluding steroid dienone is 1. The van der Waals surface area contributed by atoms with Gasteiger partial charge in [-0.3, -0.25) is 9.80 Å². The van der Waals surface area contributed by atoms with Crippen LogP contribution < -0.4 is 9.47 Å². The molecule has 0 bridgehead atoms. The van der Waals surface area contributed by atoms with Crippen molar-refractivity contribution in [1.82, 2.24) is 9.80 Å². The molecule has 5 rings (SSSR count). The maximum atomic E-state index is 14.0. The molecular weight excluding hydrogens is 650 g/mol. The fourth-order valence-corrected chi connectivity index (χ4v) is 8.36. The molecule has 51 heavy (non-hydrogen) atoms. The number of rotatable bonds is 22. The van der Waals surface area contributed by atoms with Gasteiger partial charge >= 0.3 is 6.09 Å². The lowest BCUT2D eigenvalue weighted by Gasteiger charge is -2.59. The van der Waals surface area contributed by atoms with Crippen molar-refractivity contribution in [3.05, 3.63) is 60.7 Å². The molecule has 1 aromatic rings. The molecule has 2 aliphatic carbocycles. The lowest BCUT2D eigenvalue weighted by molar-refractivity contribution is -0.255. The maximum absolute atomic E-state index is 14.0. The molecule has 6 atom stereocenters. The van der Waals surface area contributed by atoms with E-state index in [-0.39, 0.29) is 50.1 Å². The van der Waals surface area contributed by atoms with Crippen LogP contribution in [0.4, 0.5) is 4.79 Å². The van der Waals surface area contributed by atoms with E-state index in [9.17, 15) is 15.0 Å². The molecule has 1 saturated heterocycles. The van der Waals surface area contributed by atoms with E-state index in [1.54, 1.807) is 24.2 Å². The highest BCUT2D eigenvalue weighted by atomic mass is 16.7. The van der Waals surface area contributed by atoms with Crippen LogP contribution in [0.25, 0.3) is 0 Å². The third-order valence-corrected chi connectivity index (χ3v) is 10.7. The summed E-state index contributed by atoms with van der Waals surface area (Å²) in [6.45, 7) is 14.7. The molecule has 11 heteroatoms. The topological polar surface area (TPSA) is 122 Å². The van der Waals surface area contributed by atoms with Crippen molar-refractivity contribution in [1.29, 1.82) is 0 Å². The zero-order chi connectivity index (χ0) is 36.2. The summed E-state index contributed by atoms with van der Waals surface area (Å²) in [6, 6.07) is 5.48. The number of nitrogens with zero attached hydrogens (tertiary/aromatic N) is 3. The number of hydrogen-bond acceptors (Lipinski definition) is 10. The molecule has 2 fully saturated rings. The first-order chi connectivity index (χ1) is 25.0. The van der Waals surface area contributed by atoms with Crippen LogP contribution in [-0.4, -0.2) is 110 Å². The predicted octanol–water partition coefficient (Wildman–Crippen LogP) is 6.07. The summed E-state index contributed by atoms with van der Waals surface area (Å²) in [5.74, 6) is 0.0383. The second-order valence-electron chi connectivity index (χ2n) is 14.0. The Bertz CT molecular complexity index is 1380. The van der Waals surface area contributed by atoms with Gasteiger partial charge in [0.1, 0.15) is 31.3 Å². The van der Waals surface area contributed by atoms with Gasteiger partial charge in [-0.15, -0.1) is 13.2 Å². The number of fused-ring (bicyclic) bond motifs is 2. The Kier molecular flexibility index (Phi) is 14.4. The first kappa shape index (κ1) is 38.8. The van der Waals surface area contributed by atoms with E-state index < -0.39 is 17.9 Å². The Morgan fingerprint density at radius 1 is 1.12 bits per heavy atom. The van der Waals surface area contributed by atoms with Gasteiger partial charge in [-0.2, -0.15) is 0 Å². The molecule has 1 amide bonds. The van der Waals surface area contributed by atoms with Crippen LogP contribution in [0.1, 0.15) is 76.2 Å². The Labute approximate surface area is 303 Å². The molecule has 1 saturated carbocycles. The number of oxime groups is 1. The smallest absolute Gasteiger partial charge is 0.410 e. The molecule has 282 valence electrons. The highest BCUT2D eigenvalue weighted by Crippen LogP contribution is 2.62. The van der Waals surface area contributed by atoms with E-state index in [0.717, 1.165) is 74.3 Å². The Hall–Kier alpha value is -3.38. The monoisotopic (exact) mass is 709 g/mol. The average Bonchev–Trinajstić information content (AvgIpc) is 3.96. The van der Waals surface area contributed by atoms with Gasteiger partial charge in [0.2, 0.25) is 5.79 Å². The van der Waals surface area contributed by atoms with Crippen LogP contribution in [0.15, 0.2) is 60.3 Å². The molecule has 0 radical (unpaired) electrons. The molecule has 0 aromatic heterocycles. The van der Waals surface area contributed by atoms with Crippen LogP contribution >= 0.6 is 0 Å². The van der Waals surface area contributed by atoms with Crippen molar-refractivity contribution in [3.8, 4) is 11.5 Å². The van der Waals surface area contributed by atoms with E-state index in [4.69, 9.17) is 23.8 Å². The fraction of sp³-hybridized carbons (Fsp3) is 0.650. The van der Waals surface area contributed by atoms with Crippen LogP contribution in [0.2, 0.25) is 0 Å². The summed E-state index contributed by atoms with van der Waals surface area (Å²) in [4.78, 5) is 23.6. The van der Waals surface area contributed by atoms with Crippen molar-refractivity contribution < 1.29 is 38.8 Å². The zero-order valence-corrected chi connectivity index (χ0v) is 30.7. The predicted molar refractivity (Wildman–Crippen MR) is 197 cm³/mol. The number of amides is 1. The number of benzene rings is 1. The summed E-state index contributed by atoms with van der Waals surface area (Å²) in [5.41, 5.74) is 2.81. The molecule has 2 aliphatic heterocycles. The van der Waals surface area contributed by atoms with Gasteiger partial charge in [-0.1, -0.05) is 43.1 Å². The van der Waals surface area contributed by atoms with Crippen molar-refractivity contribution >= 4 is 11.8 Å². The van der Waals surface area contributed by atoms with Gasteiger partial charge in [-0.05, 0) is 74.1 Å². The highest BCUT2D eigenvalue weighted by Gasteiger charge is 2.65. The summed E-state index contributed by atoms with van der Waals surface area (Å²) in [5, 5.41) is 24.2. The summed E-state index contributed by atoms with van der Waals surface area (Å²) >= 11 is 0. The minimum absolute atomic E-state index is 0.0998. The van der Waals surface area contributed by atoms with E-state index in [1.807, 2.05) is 19.1 Å². The molecule has 0 unspecified atom stereocenters. The van der Waals surface area contributed by atoms with Gasteiger partial charge in [0.25, 0.3) is 0 Å². The lowest BCUT2D eigenvalue weighted by atomic mass is 9.55. The van der Waals surface area contributed by atoms with Crippen molar-refractivity contribution in [2.24, 2.45) is 22.9 Å². The molecule has 2 heterocycles. The Morgan fingerprint density at radius 3 is 2.59 bits per heavy atom. The standard InChI is InChI=1S/C40H59N3O8/c1-5-8-24-49-39(46)43(17-6-2)36-28-34(41-47-4)32-26-29(13-9-11-21-44)31(14-10-12-22-45)37-33-27-30(48-25-20-42-18-19-42)15-16-35(33)51-40(36,38(32)37)50-23-7-3/h5,7,15-16,26-27,29,31,36-38,44-45H,1,3,6,8-14,17-25,28H2,2,4H3/t29-,31+,36-,37+,38+,40+/m0/s1. The van der Waals surface area contributed by atoms with Crippen LogP contribution in [-0.2, 0) is 14.3 Å². The van der Waals surface area contributed by atoms with Gasteiger partial charge < -0.3 is 34.0 Å². The van der Waals surface area contributed by atoms with Crippen molar-refractivity contribution in [2.45, 2.75) is 82.5 Å². The molecule has 4 aliphatic rings. The average molecular weight is 710 g/mol. The number of carbonyl (C=O) groups excluding carboxylic acids is 1. The summed E-state index contributed by atoms with van der Waals surface area (Å²) < 4.78 is 26.3. The van der Waals surface area contributed by atoms with Crippen LogP contribution in [0.3, 0.4) is 0 Å². The summed E-state index contributed by atoms with van der Waals surface area (Å²) in [6.07, 6.45) is 11.9. The fourth-order valence-electron chi connectivity index (χ4n) is 8.36. The van der Waals surface area contributed by atoms with Crippen LogP contribution in [0.5, 0.6) is 11.5 Å². The SMILES string of the molecule is C=CCCOC(=O)N(CCC)[C@H]1CC(=NOC)C2=C[C@H](CCCCO)[C@@H](CCCCO)[C@@H]3c4cc(OCCN5CC5)ccc4O[C@@]1(OCC=C)[C@H]23. The first-order valence-electron chi connectivity index (χ1n) is 19.0. The van der Waals surface area contributed by atoms with Crippen molar-refractivity contribution in [3.63, 3.8) is 0 Å². The van der Waals surface area contributed by atoms with E-state index in [0.29, 0.717) is 44.6 Å². The molecular formula is C40H59N3O8. The van der Waals surface area contributed by atoms with Gasteiger partial charge in [0.05, 0.1) is 24.8 Å². The van der Waals surface area contributed by atoms with Crippen LogP contribution in [0, 0.1) is 17.8 Å². The van der Waals surface area contributed by atoms with Gasteiger partial charge in [0, 0.05) is 57.3 Å². The molecule has 2 N–H and O–H groups in total. The second kappa shape index (κ2) is 18.9. The largest absolute Gasteiger partial charge is 0.492 e. The molecule has 11 nitrogen and oxygen atoms in total. The quantitative estimate of drug-likeness (QED) is 0.0640. The molecule has 1 aromatic carbocycles. The number of carbonyl (C=O) groups is 1. The normalized spacial score (nSPS) is 27.0. The third kappa shape index (κ3) is 8.99. The minimum atomic E-state index is -1.30. The number of hydrogen-bond donors (Lipinski definition) is 2. The highest BCUT2D eigenvalue weighted by molar-refractivity contribution is 6.02. The zero-order valence-electron chi connectivity index (χ0n) is 30.7. The van der Waals surface area contributed by atoms with E-state index in [2.05, 4.69) is 35.4 Å². The Balaban J connectivity index is 1.70. The maximum Gasteiger partial charge on any atom is 0.410 e. The number of ether oxygens (including phenoxy) is 4. The first-order valence-corrected chi connectivity index (χ1v) is 19.0. The Morgan fingerprint density at radius 2 is 1.90 bits per heavy atom. The number of aliphatic hydroxyl groups excluding tert-OH is 2. The van der Waals surface area contributed by atoms with Crippen molar-refractivity contribution in [2.75, 3.05) is 66.3 Å².